The standard InChI is InChI=1S/C19H25FN2O3/c1-2-25-13-14-7-10-21(11-8-14)19(24)16-12-15(5-6-17(16)20)22-9-3-4-18(22)23/h5-6,12,14H,2-4,7-11,13H2,1H3. The van der Waals surface area contributed by atoms with Crippen molar-refractivity contribution in [3.8, 4) is 0 Å². The molecule has 0 N–H and O–H groups in total. The lowest BCUT2D eigenvalue weighted by Gasteiger charge is -2.32. The van der Waals surface area contributed by atoms with Crippen LogP contribution in [0, 0.1) is 11.7 Å². The number of anilines is 1. The van der Waals surface area contributed by atoms with Crippen molar-refractivity contribution in [2.45, 2.75) is 32.6 Å². The molecule has 0 aromatic heterocycles. The summed E-state index contributed by atoms with van der Waals surface area (Å²) in [6, 6.07) is 4.38. The summed E-state index contributed by atoms with van der Waals surface area (Å²) < 4.78 is 19.7. The van der Waals surface area contributed by atoms with E-state index in [1.54, 1.807) is 15.9 Å². The molecule has 1 aromatic rings. The van der Waals surface area contributed by atoms with Crippen LogP contribution < -0.4 is 4.90 Å². The van der Waals surface area contributed by atoms with Crippen molar-refractivity contribution in [3.05, 3.63) is 29.6 Å². The van der Waals surface area contributed by atoms with Gasteiger partial charge in [-0.05, 0) is 50.3 Å². The van der Waals surface area contributed by atoms with Gasteiger partial charge in [0.05, 0.1) is 5.56 Å². The summed E-state index contributed by atoms with van der Waals surface area (Å²) in [7, 11) is 0. The first-order chi connectivity index (χ1) is 12.1. The minimum atomic E-state index is -0.531. The van der Waals surface area contributed by atoms with Gasteiger partial charge in [0.1, 0.15) is 5.82 Å². The number of benzene rings is 1. The van der Waals surface area contributed by atoms with E-state index in [0.29, 0.717) is 44.3 Å². The molecule has 0 spiro atoms. The van der Waals surface area contributed by atoms with Crippen molar-refractivity contribution in [2.24, 2.45) is 5.92 Å². The Bertz CT molecular complexity index is 642. The van der Waals surface area contributed by atoms with E-state index < -0.39 is 5.82 Å². The average Bonchev–Trinajstić information content (AvgIpc) is 3.06. The van der Waals surface area contributed by atoms with Gasteiger partial charge in [0.25, 0.3) is 5.91 Å². The van der Waals surface area contributed by atoms with Crippen molar-refractivity contribution in [3.63, 3.8) is 0 Å². The molecular formula is C19H25FN2O3. The Balaban J connectivity index is 1.69. The second-order valence-electron chi connectivity index (χ2n) is 6.71. The monoisotopic (exact) mass is 348 g/mol. The van der Waals surface area contributed by atoms with Crippen molar-refractivity contribution < 1.29 is 18.7 Å². The minimum Gasteiger partial charge on any atom is -0.381 e. The fourth-order valence-electron chi connectivity index (χ4n) is 3.52. The highest BCUT2D eigenvalue weighted by molar-refractivity contribution is 5.99. The number of piperidine rings is 1. The van der Waals surface area contributed by atoms with Crippen LogP contribution in [0.3, 0.4) is 0 Å². The van der Waals surface area contributed by atoms with Gasteiger partial charge in [-0.15, -0.1) is 0 Å². The molecule has 2 aliphatic heterocycles. The second kappa shape index (κ2) is 7.95. The number of halogens is 1. The molecule has 0 saturated carbocycles. The fraction of sp³-hybridized carbons (Fsp3) is 0.579. The van der Waals surface area contributed by atoms with E-state index in [1.807, 2.05) is 6.92 Å². The molecule has 0 aliphatic carbocycles. The molecule has 25 heavy (non-hydrogen) atoms. The normalized spacial score (nSPS) is 18.9. The molecule has 3 rings (SSSR count). The van der Waals surface area contributed by atoms with Crippen molar-refractivity contribution in [1.29, 1.82) is 0 Å². The van der Waals surface area contributed by atoms with Crippen LogP contribution in [-0.2, 0) is 9.53 Å². The van der Waals surface area contributed by atoms with Gasteiger partial charge in [0, 0.05) is 45.0 Å². The number of carbonyl (C=O) groups is 2. The first-order valence-corrected chi connectivity index (χ1v) is 9.07. The molecule has 1 aromatic carbocycles. The summed E-state index contributed by atoms with van der Waals surface area (Å²) in [6.07, 6.45) is 3.05. The maximum atomic E-state index is 14.2. The lowest BCUT2D eigenvalue weighted by Crippen LogP contribution is -2.39. The van der Waals surface area contributed by atoms with Crippen LogP contribution in [0.2, 0.25) is 0 Å². The third-order valence-electron chi connectivity index (χ3n) is 5.02. The number of nitrogens with zero attached hydrogens (tertiary/aromatic N) is 2. The van der Waals surface area contributed by atoms with E-state index in [1.165, 1.54) is 12.1 Å². The van der Waals surface area contributed by atoms with Gasteiger partial charge >= 0.3 is 0 Å². The van der Waals surface area contributed by atoms with Crippen LogP contribution in [0.4, 0.5) is 10.1 Å². The molecule has 6 heteroatoms. The highest BCUT2D eigenvalue weighted by Gasteiger charge is 2.27. The van der Waals surface area contributed by atoms with Gasteiger partial charge in [-0.3, -0.25) is 9.59 Å². The zero-order valence-corrected chi connectivity index (χ0v) is 14.7. The van der Waals surface area contributed by atoms with Gasteiger partial charge in [0.2, 0.25) is 5.91 Å². The smallest absolute Gasteiger partial charge is 0.256 e. The summed E-state index contributed by atoms with van der Waals surface area (Å²) in [4.78, 5) is 28.0. The van der Waals surface area contributed by atoms with E-state index in [0.717, 1.165) is 25.9 Å². The Kier molecular flexibility index (Phi) is 5.68. The average molecular weight is 348 g/mol. The Morgan fingerprint density at radius 3 is 2.68 bits per heavy atom. The van der Waals surface area contributed by atoms with Gasteiger partial charge in [-0.2, -0.15) is 0 Å². The first kappa shape index (κ1) is 17.9. The first-order valence-electron chi connectivity index (χ1n) is 9.07. The van der Waals surface area contributed by atoms with E-state index in [9.17, 15) is 14.0 Å². The quantitative estimate of drug-likeness (QED) is 0.822. The maximum Gasteiger partial charge on any atom is 0.256 e. The molecule has 0 radical (unpaired) electrons. The molecular weight excluding hydrogens is 323 g/mol. The minimum absolute atomic E-state index is 0.0294. The van der Waals surface area contributed by atoms with E-state index in [-0.39, 0.29) is 17.4 Å². The fourth-order valence-corrected chi connectivity index (χ4v) is 3.52. The lowest BCUT2D eigenvalue weighted by atomic mass is 9.97. The third kappa shape index (κ3) is 4.00. The number of carbonyl (C=O) groups excluding carboxylic acids is 2. The molecule has 136 valence electrons. The summed E-state index contributed by atoms with van der Waals surface area (Å²) in [5, 5.41) is 0. The van der Waals surface area contributed by atoms with E-state index in [4.69, 9.17) is 4.74 Å². The van der Waals surface area contributed by atoms with E-state index >= 15 is 0 Å². The number of amides is 2. The Labute approximate surface area is 147 Å². The predicted octanol–water partition coefficient (Wildman–Crippen LogP) is 2.84. The largest absolute Gasteiger partial charge is 0.381 e. The molecule has 0 bridgehead atoms. The lowest BCUT2D eigenvalue weighted by molar-refractivity contribution is -0.117. The molecule has 2 aliphatic rings. The molecule has 0 atom stereocenters. The van der Waals surface area contributed by atoms with Crippen molar-refractivity contribution in [1.82, 2.24) is 4.90 Å². The number of hydrogen-bond donors (Lipinski definition) is 0. The number of ether oxygens (including phenoxy) is 1. The third-order valence-corrected chi connectivity index (χ3v) is 5.02. The zero-order valence-electron chi connectivity index (χ0n) is 14.7. The highest BCUT2D eigenvalue weighted by Crippen LogP contribution is 2.26. The predicted molar refractivity (Wildman–Crippen MR) is 93.1 cm³/mol. The Hall–Kier alpha value is -1.95. The Morgan fingerprint density at radius 1 is 1.28 bits per heavy atom. The number of rotatable bonds is 5. The van der Waals surface area contributed by atoms with Gasteiger partial charge in [0.15, 0.2) is 0 Å². The van der Waals surface area contributed by atoms with Crippen LogP contribution >= 0.6 is 0 Å². The molecule has 5 nitrogen and oxygen atoms in total. The van der Waals surface area contributed by atoms with E-state index in [2.05, 4.69) is 0 Å². The van der Waals surface area contributed by atoms with Gasteiger partial charge < -0.3 is 14.5 Å². The highest BCUT2D eigenvalue weighted by atomic mass is 19.1. The summed E-state index contributed by atoms with van der Waals surface area (Å²) in [6.45, 7) is 5.25. The molecule has 2 saturated heterocycles. The van der Waals surface area contributed by atoms with Crippen LogP contribution in [0.1, 0.15) is 43.0 Å². The summed E-state index contributed by atoms with van der Waals surface area (Å²) in [5.74, 6) is -0.332. The number of likely N-dealkylation sites (tertiary alicyclic amines) is 1. The molecule has 2 amide bonds. The topological polar surface area (TPSA) is 49.9 Å². The second-order valence-corrected chi connectivity index (χ2v) is 6.71. The van der Waals surface area contributed by atoms with Crippen molar-refractivity contribution >= 4 is 17.5 Å². The molecule has 2 fully saturated rings. The Morgan fingerprint density at radius 2 is 2.04 bits per heavy atom. The van der Waals surface area contributed by atoms with Gasteiger partial charge in [-0.1, -0.05) is 0 Å². The SMILES string of the molecule is CCOCC1CCN(C(=O)c2cc(N3CCCC3=O)ccc2F)CC1. The van der Waals surface area contributed by atoms with Crippen LogP contribution in [-0.4, -0.2) is 49.6 Å². The molecule has 0 unspecified atom stereocenters. The maximum absolute atomic E-state index is 14.2. The number of hydrogen-bond acceptors (Lipinski definition) is 3. The van der Waals surface area contributed by atoms with Gasteiger partial charge in [-0.25, -0.2) is 4.39 Å². The van der Waals surface area contributed by atoms with Crippen molar-refractivity contribution in [2.75, 3.05) is 37.7 Å². The van der Waals surface area contributed by atoms with Crippen LogP contribution in [0.5, 0.6) is 0 Å². The van der Waals surface area contributed by atoms with Crippen LogP contribution in [0.15, 0.2) is 18.2 Å². The zero-order chi connectivity index (χ0) is 17.8. The summed E-state index contributed by atoms with van der Waals surface area (Å²) >= 11 is 0. The molecule has 2 heterocycles. The summed E-state index contributed by atoms with van der Waals surface area (Å²) in [5.41, 5.74) is 0.666. The van der Waals surface area contributed by atoms with Crippen LogP contribution in [0.25, 0.3) is 0 Å².